The van der Waals surface area contributed by atoms with E-state index in [-0.39, 0.29) is 0 Å². The summed E-state index contributed by atoms with van der Waals surface area (Å²) in [5, 5.41) is 0. The molecule has 118 valence electrons. The highest BCUT2D eigenvalue weighted by Crippen LogP contribution is 2.10. The van der Waals surface area contributed by atoms with Crippen LogP contribution >= 0.6 is 0 Å². The van der Waals surface area contributed by atoms with E-state index in [1.54, 1.807) is 0 Å². The maximum absolute atomic E-state index is 2.28. The van der Waals surface area contributed by atoms with Gasteiger partial charge in [-0.3, -0.25) is 0 Å². The summed E-state index contributed by atoms with van der Waals surface area (Å²) < 4.78 is 0. The van der Waals surface area contributed by atoms with Crippen molar-refractivity contribution >= 4 is 0 Å². The van der Waals surface area contributed by atoms with Gasteiger partial charge in [-0.25, -0.2) is 0 Å². The molecule has 0 radical (unpaired) electrons. The average Bonchev–Trinajstić information content (AvgIpc) is 2.41. The van der Waals surface area contributed by atoms with Crippen LogP contribution in [0.1, 0.15) is 97.8 Å². The first-order chi connectivity index (χ1) is 9.18. The summed E-state index contributed by atoms with van der Waals surface area (Å²) in [6.07, 6.45) is 17.0. The first-order valence-corrected chi connectivity index (χ1v) is 8.83. The lowest BCUT2D eigenvalue weighted by atomic mass is 10.1. The van der Waals surface area contributed by atoms with Crippen molar-refractivity contribution in [2.24, 2.45) is 0 Å². The fraction of sp³-hybridized carbons (Fsp3) is 1.00. The van der Waals surface area contributed by atoms with Crippen molar-refractivity contribution in [3.8, 4) is 0 Å². The quantitative estimate of drug-likeness (QED) is 0.378. The van der Waals surface area contributed by atoms with Crippen LogP contribution in [0.25, 0.3) is 0 Å². The Morgan fingerprint density at radius 1 is 0.474 bits per heavy atom. The van der Waals surface area contributed by atoms with E-state index in [9.17, 15) is 0 Å². The Labute approximate surface area is 124 Å². The molecule has 0 aliphatic carbocycles. The lowest BCUT2D eigenvalue weighted by molar-refractivity contribution is 0.389. The molecule has 1 heteroatoms. The molecular weight excluding hydrogens is 230 g/mol. The van der Waals surface area contributed by atoms with Crippen LogP contribution in [0.3, 0.4) is 0 Å². The normalized spacial score (nSPS) is 10.4. The molecule has 0 aromatic rings. The highest BCUT2D eigenvalue weighted by atomic mass is 15.0. The molecule has 0 aromatic heterocycles. The Morgan fingerprint density at radius 2 is 0.842 bits per heavy atom. The van der Waals surface area contributed by atoms with Gasteiger partial charge in [0.25, 0.3) is 0 Å². The van der Waals surface area contributed by atoms with Crippen LogP contribution in [0.4, 0.5) is 0 Å². The second-order valence-electron chi connectivity index (χ2n) is 5.99. The summed E-state index contributed by atoms with van der Waals surface area (Å²) in [5.74, 6) is 0. The van der Waals surface area contributed by atoms with E-state index in [0.717, 1.165) is 0 Å². The Kier molecular flexibility index (Phi) is 22.7. The monoisotopic (exact) mass is 271 g/mol. The molecule has 0 rings (SSSR count). The summed E-state index contributed by atoms with van der Waals surface area (Å²) in [7, 11) is 4.32. The zero-order valence-corrected chi connectivity index (χ0v) is 14.6. The minimum absolute atomic E-state index is 1.26. The Hall–Kier alpha value is -0.0400. The summed E-state index contributed by atoms with van der Waals surface area (Å²) in [4.78, 5) is 2.28. The fourth-order valence-electron chi connectivity index (χ4n) is 1.92. The molecular formula is C18H41N. The second-order valence-corrected chi connectivity index (χ2v) is 5.99. The number of hydrogen-bond donors (Lipinski definition) is 0. The molecule has 0 aromatic carbocycles. The molecule has 0 saturated carbocycles. The minimum Gasteiger partial charge on any atom is -0.309 e. The lowest BCUT2D eigenvalue weighted by Crippen LogP contribution is -2.12. The predicted octanol–water partition coefficient (Wildman–Crippen LogP) is 6.28. The first kappa shape index (κ1) is 21.3. The van der Waals surface area contributed by atoms with Crippen LogP contribution in [0, 0.1) is 0 Å². The molecule has 0 atom stereocenters. The van der Waals surface area contributed by atoms with Crippen LogP contribution in [0.5, 0.6) is 0 Å². The molecule has 0 aliphatic heterocycles. The van der Waals surface area contributed by atoms with Gasteiger partial charge >= 0.3 is 0 Å². The topological polar surface area (TPSA) is 3.24 Å². The zero-order valence-electron chi connectivity index (χ0n) is 14.6. The third kappa shape index (κ3) is 27.2. The van der Waals surface area contributed by atoms with Crippen LogP contribution in [-0.4, -0.2) is 25.5 Å². The van der Waals surface area contributed by atoms with Crippen molar-refractivity contribution in [3.05, 3.63) is 0 Å². The summed E-state index contributed by atoms with van der Waals surface area (Å²) in [5.41, 5.74) is 0. The van der Waals surface area contributed by atoms with Crippen molar-refractivity contribution in [2.45, 2.75) is 97.8 Å². The molecule has 0 heterocycles. The molecule has 1 nitrogen and oxygen atoms in total. The number of hydrogen-bond acceptors (Lipinski definition) is 1. The van der Waals surface area contributed by atoms with Gasteiger partial charge in [-0.2, -0.15) is 0 Å². The predicted molar refractivity (Wildman–Crippen MR) is 91.0 cm³/mol. The summed E-state index contributed by atoms with van der Waals surface area (Å²) in [6, 6.07) is 0. The molecule has 19 heavy (non-hydrogen) atoms. The highest BCUT2D eigenvalue weighted by Gasteiger charge is 1.93. The maximum Gasteiger partial charge on any atom is -0.00248 e. The Balaban J connectivity index is 0. The van der Waals surface area contributed by atoms with Crippen LogP contribution in [0.2, 0.25) is 0 Å². The first-order valence-electron chi connectivity index (χ1n) is 8.83. The molecule has 0 bridgehead atoms. The van der Waals surface area contributed by atoms with E-state index < -0.39 is 0 Å². The molecule has 0 saturated heterocycles. The molecule has 0 aliphatic rings. The lowest BCUT2D eigenvalue weighted by Gasteiger charge is -2.08. The third-order valence-electron chi connectivity index (χ3n) is 3.46. The van der Waals surface area contributed by atoms with E-state index >= 15 is 0 Å². The SMILES string of the molecule is CCCC.CCCCCCCCCCCCN(C)C. The van der Waals surface area contributed by atoms with E-state index in [0.29, 0.717) is 0 Å². The molecule has 0 N–H and O–H groups in total. The van der Waals surface area contributed by atoms with Crippen LogP contribution in [0.15, 0.2) is 0 Å². The van der Waals surface area contributed by atoms with Gasteiger partial charge in [0.2, 0.25) is 0 Å². The third-order valence-corrected chi connectivity index (χ3v) is 3.46. The number of unbranched alkanes of at least 4 members (excludes halogenated alkanes) is 10. The van der Waals surface area contributed by atoms with Crippen molar-refractivity contribution in [3.63, 3.8) is 0 Å². The van der Waals surface area contributed by atoms with Gasteiger partial charge in [0.1, 0.15) is 0 Å². The molecule has 0 unspecified atom stereocenters. The zero-order chi connectivity index (χ0) is 14.8. The van der Waals surface area contributed by atoms with Gasteiger partial charge in [0, 0.05) is 0 Å². The Morgan fingerprint density at radius 3 is 1.16 bits per heavy atom. The smallest absolute Gasteiger partial charge is 0.00248 e. The fourth-order valence-corrected chi connectivity index (χ4v) is 1.92. The Bertz CT molecular complexity index is 130. The van der Waals surface area contributed by atoms with Gasteiger partial charge < -0.3 is 4.90 Å². The van der Waals surface area contributed by atoms with Gasteiger partial charge in [-0.1, -0.05) is 91.4 Å². The summed E-state index contributed by atoms with van der Waals surface area (Å²) >= 11 is 0. The molecule has 0 amide bonds. The second kappa shape index (κ2) is 20.3. The van der Waals surface area contributed by atoms with E-state index in [1.165, 1.54) is 83.6 Å². The van der Waals surface area contributed by atoms with Crippen LogP contribution in [-0.2, 0) is 0 Å². The number of nitrogens with zero attached hydrogens (tertiary/aromatic N) is 1. The van der Waals surface area contributed by atoms with Crippen molar-refractivity contribution < 1.29 is 0 Å². The van der Waals surface area contributed by atoms with Gasteiger partial charge in [0.15, 0.2) is 0 Å². The van der Waals surface area contributed by atoms with Gasteiger partial charge in [0.05, 0.1) is 0 Å². The van der Waals surface area contributed by atoms with Crippen molar-refractivity contribution in [1.82, 2.24) is 4.90 Å². The standard InChI is InChI=1S/C14H31N.C4H10/c1-4-5-6-7-8-9-10-11-12-13-14-15(2)3;1-3-4-2/h4-14H2,1-3H3;3-4H2,1-2H3. The van der Waals surface area contributed by atoms with E-state index in [1.807, 2.05) is 0 Å². The van der Waals surface area contributed by atoms with E-state index in [2.05, 4.69) is 39.8 Å². The van der Waals surface area contributed by atoms with Gasteiger partial charge in [-0.05, 0) is 27.1 Å². The average molecular weight is 272 g/mol. The van der Waals surface area contributed by atoms with Gasteiger partial charge in [-0.15, -0.1) is 0 Å². The largest absolute Gasteiger partial charge is 0.309 e. The molecule has 0 fully saturated rings. The minimum atomic E-state index is 1.26. The summed E-state index contributed by atoms with van der Waals surface area (Å²) in [6.45, 7) is 7.90. The van der Waals surface area contributed by atoms with E-state index in [4.69, 9.17) is 0 Å². The maximum atomic E-state index is 2.28. The van der Waals surface area contributed by atoms with Crippen LogP contribution < -0.4 is 0 Å². The van der Waals surface area contributed by atoms with Crippen molar-refractivity contribution in [2.75, 3.05) is 20.6 Å². The van der Waals surface area contributed by atoms with Crippen molar-refractivity contribution in [1.29, 1.82) is 0 Å². The molecule has 0 spiro atoms. The highest BCUT2D eigenvalue weighted by molar-refractivity contribution is 4.49. The number of rotatable bonds is 12.